The van der Waals surface area contributed by atoms with Gasteiger partial charge in [0, 0.05) is 29.9 Å². The third-order valence-corrected chi connectivity index (χ3v) is 2.42. The van der Waals surface area contributed by atoms with E-state index < -0.39 is 0 Å². The van der Waals surface area contributed by atoms with Crippen molar-refractivity contribution in [3.8, 4) is 5.82 Å². The number of hydrogen-bond acceptors (Lipinski definition) is 3. The Hall–Kier alpha value is -2.43. The molecule has 0 saturated carbocycles. The molecule has 0 aromatic carbocycles. The van der Waals surface area contributed by atoms with Gasteiger partial charge in [-0.05, 0) is 12.1 Å². The van der Waals surface area contributed by atoms with E-state index in [2.05, 4.69) is 15.2 Å². The summed E-state index contributed by atoms with van der Waals surface area (Å²) < 4.78 is 1.57. The molecule has 1 N–H and O–H groups in total. The number of nitrogens with zero attached hydrogens (tertiary/aromatic N) is 3. The van der Waals surface area contributed by atoms with Gasteiger partial charge >= 0.3 is 0 Å². The van der Waals surface area contributed by atoms with Crippen LogP contribution in [0.15, 0.2) is 47.7 Å². The molecule has 0 fully saturated rings. The van der Waals surface area contributed by atoms with Crippen LogP contribution in [-0.4, -0.2) is 19.7 Å². The van der Waals surface area contributed by atoms with Crippen LogP contribution in [0.25, 0.3) is 16.7 Å². The van der Waals surface area contributed by atoms with Gasteiger partial charge in [0.25, 0.3) is 5.56 Å². The van der Waals surface area contributed by atoms with Gasteiger partial charge in [0.15, 0.2) is 0 Å². The fraction of sp³-hybridized carbons (Fsp3) is 0. The van der Waals surface area contributed by atoms with Gasteiger partial charge in [-0.1, -0.05) is 0 Å². The molecule has 3 heterocycles. The van der Waals surface area contributed by atoms with E-state index in [0.29, 0.717) is 5.82 Å². The molecule has 0 amide bonds. The van der Waals surface area contributed by atoms with E-state index in [0.717, 1.165) is 10.9 Å². The molecule has 5 nitrogen and oxygen atoms in total. The van der Waals surface area contributed by atoms with E-state index in [4.69, 9.17) is 0 Å². The van der Waals surface area contributed by atoms with Crippen molar-refractivity contribution in [1.29, 1.82) is 0 Å². The van der Waals surface area contributed by atoms with Gasteiger partial charge in [-0.25, -0.2) is 0 Å². The summed E-state index contributed by atoms with van der Waals surface area (Å²) in [4.78, 5) is 15.9. The molecule has 3 aromatic heterocycles. The van der Waals surface area contributed by atoms with E-state index in [-0.39, 0.29) is 5.56 Å². The Morgan fingerprint density at radius 3 is 2.88 bits per heavy atom. The van der Waals surface area contributed by atoms with Crippen LogP contribution >= 0.6 is 0 Å². The standard InChI is InChI=1S/C11H8N4O/c16-11-2-1-8-7-12-5-3-9(8)15(11)10-4-6-13-14-10/h1-7H,(H,13,14). The van der Waals surface area contributed by atoms with Crippen LogP contribution in [0.4, 0.5) is 0 Å². The molecule has 0 radical (unpaired) electrons. The molecule has 5 heteroatoms. The van der Waals surface area contributed by atoms with Crippen molar-refractivity contribution in [3.63, 3.8) is 0 Å². The molecule has 0 saturated heterocycles. The van der Waals surface area contributed by atoms with Gasteiger partial charge in [0.2, 0.25) is 0 Å². The first kappa shape index (κ1) is 8.84. The molecule has 0 aliphatic rings. The van der Waals surface area contributed by atoms with Crippen LogP contribution in [0.5, 0.6) is 0 Å². The van der Waals surface area contributed by atoms with E-state index >= 15 is 0 Å². The van der Waals surface area contributed by atoms with Crippen molar-refractivity contribution in [3.05, 3.63) is 53.2 Å². The third-order valence-electron chi connectivity index (χ3n) is 2.42. The number of nitrogens with one attached hydrogen (secondary N) is 1. The lowest BCUT2D eigenvalue weighted by molar-refractivity contribution is 0.949. The summed E-state index contributed by atoms with van der Waals surface area (Å²) in [5, 5.41) is 7.54. The summed E-state index contributed by atoms with van der Waals surface area (Å²) >= 11 is 0. The average molecular weight is 212 g/mol. The average Bonchev–Trinajstić information content (AvgIpc) is 2.82. The Morgan fingerprint density at radius 1 is 1.12 bits per heavy atom. The number of aromatic nitrogens is 4. The molecule has 0 aliphatic carbocycles. The Balaban J connectivity index is 2.47. The van der Waals surface area contributed by atoms with Crippen molar-refractivity contribution in [2.24, 2.45) is 0 Å². The lowest BCUT2D eigenvalue weighted by Crippen LogP contribution is -2.17. The molecule has 78 valence electrons. The second-order valence-electron chi connectivity index (χ2n) is 3.38. The number of fused-ring (bicyclic) bond motifs is 1. The molecular formula is C11H8N4O. The maximum atomic E-state index is 11.8. The van der Waals surface area contributed by atoms with Crippen molar-refractivity contribution in [2.45, 2.75) is 0 Å². The highest BCUT2D eigenvalue weighted by Crippen LogP contribution is 2.12. The van der Waals surface area contributed by atoms with Crippen LogP contribution in [0.1, 0.15) is 0 Å². The minimum Gasteiger partial charge on any atom is -0.269 e. The van der Waals surface area contributed by atoms with Gasteiger partial charge in [0.05, 0.1) is 11.7 Å². The second kappa shape index (κ2) is 3.30. The third kappa shape index (κ3) is 1.22. The molecule has 0 bridgehead atoms. The lowest BCUT2D eigenvalue weighted by atomic mass is 10.2. The Kier molecular flexibility index (Phi) is 1.83. The summed E-state index contributed by atoms with van der Waals surface area (Å²) in [7, 11) is 0. The fourth-order valence-corrected chi connectivity index (χ4v) is 1.71. The van der Waals surface area contributed by atoms with E-state index in [1.54, 1.807) is 41.4 Å². The van der Waals surface area contributed by atoms with Crippen LogP contribution in [0.2, 0.25) is 0 Å². The topological polar surface area (TPSA) is 63.6 Å². The van der Waals surface area contributed by atoms with Crippen molar-refractivity contribution < 1.29 is 0 Å². The lowest BCUT2D eigenvalue weighted by Gasteiger charge is -2.06. The van der Waals surface area contributed by atoms with E-state index in [9.17, 15) is 4.79 Å². The summed E-state index contributed by atoms with van der Waals surface area (Å²) in [5.74, 6) is 0.654. The van der Waals surface area contributed by atoms with Gasteiger partial charge in [-0.3, -0.25) is 19.4 Å². The molecule has 0 atom stereocenters. The molecule has 0 aliphatic heterocycles. The number of hydrogen-bond donors (Lipinski definition) is 1. The van der Waals surface area contributed by atoms with Crippen molar-refractivity contribution in [2.75, 3.05) is 0 Å². The van der Waals surface area contributed by atoms with E-state index in [1.807, 2.05) is 0 Å². The van der Waals surface area contributed by atoms with Crippen LogP contribution in [-0.2, 0) is 0 Å². The molecule has 16 heavy (non-hydrogen) atoms. The zero-order valence-corrected chi connectivity index (χ0v) is 8.29. The fourth-order valence-electron chi connectivity index (χ4n) is 1.71. The molecule has 3 aromatic rings. The first-order valence-corrected chi connectivity index (χ1v) is 4.82. The Labute approximate surface area is 90.4 Å². The monoisotopic (exact) mass is 212 g/mol. The predicted octanol–water partition coefficient (Wildman–Crippen LogP) is 1.11. The van der Waals surface area contributed by atoms with Crippen LogP contribution < -0.4 is 5.56 Å². The quantitative estimate of drug-likeness (QED) is 0.657. The van der Waals surface area contributed by atoms with Gasteiger partial charge in [-0.2, -0.15) is 5.10 Å². The number of H-pyrrole nitrogens is 1. The first-order chi connectivity index (χ1) is 7.86. The molecule has 3 rings (SSSR count). The van der Waals surface area contributed by atoms with Gasteiger partial charge in [0.1, 0.15) is 5.82 Å². The Morgan fingerprint density at radius 2 is 2.06 bits per heavy atom. The van der Waals surface area contributed by atoms with Crippen LogP contribution in [0.3, 0.4) is 0 Å². The maximum Gasteiger partial charge on any atom is 0.256 e. The maximum absolute atomic E-state index is 11.8. The highest BCUT2D eigenvalue weighted by atomic mass is 16.1. The molecule has 0 unspecified atom stereocenters. The highest BCUT2D eigenvalue weighted by molar-refractivity contribution is 5.79. The summed E-state index contributed by atoms with van der Waals surface area (Å²) in [6, 6.07) is 6.83. The van der Waals surface area contributed by atoms with E-state index in [1.165, 1.54) is 6.07 Å². The van der Waals surface area contributed by atoms with Crippen molar-refractivity contribution >= 4 is 10.9 Å². The normalized spacial score (nSPS) is 10.8. The van der Waals surface area contributed by atoms with Crippen molar-refractivity contribution in [1.82, 2.24) is 19.7 Å². The molecule has 0 spiro atoms. The predicted molar refractivity (Wildman–Crippen MR) is 59.5 cm³/mol. The van der Waals surface area contributed by atoms with Gasteiger partial charge < -0.3 is 0 Å². The first-order valence-electron chi connectivity index (χ1n) is 4.82. The number of aromatic amines is 1. The zero-order chi connectivity index (χ0) is 11.0. The molecular weight excluding hydrogens is 204 g/mol. The SMILES string of the molecule is O=c1ccc2cnccc2n1-c1ccn[nH]1. The summed E-state index contributed by atoms with van der Waals surface area (Å²) in [6.45, 7) is 0. The highest BCUT2D eigenvalue weighted by Gasteiger charge is 2.05. The minimum atomic E-state index is -0.0945. The summed E-state index contributed by atoms with van der Waals surface area (Å²) in [5.41, 5.74) is 0.717. The zero-order valence-electron chi connectivity index (χ0n) is 8.29. The van der Waals surface area contributed by atoms with Crippen LogP contribution in [0, 0.1) is 0 Å². The smallest absolute Gasteiger partial charge is 0.256 e. The number of pyridine rings is 2. The van der Waals surface area contributed by atoms with Gasteiger partial charge in [-0.15, -0.1) is 0 Å². The Bertz CT molecular complexity index is 685. The minimum absolute atomic E-state index is 0.0945. The largest absolute Gasteiger partial charge is 0.269 e. The second-order valence-corrected chi connectivity index (χ2v) is 3.38. The number of rotatable bonds is 1. The summed E-state index contributed by atoms with van der Waals surface area (Å²) in [6.07, 6.45) is 5.00.